The molecule has 0 spiro atoms. The minimum absolute atomic E-state index is 0.00216. The number of aryl methyl sites for hydroxylation is 1. The average Bonchev–Trinajstić information content (AvgIpc) is 3.29. The van der Waals surface area contributed by atoms with Crippen molar-refractivity contribution in [2.45, 2.75) is 25.8 Å². The van der Waals surface area contributed by atoms with E-state index in [4.69, 9.17) is 4.74 Å². The van der Waals surface area contributed by atoms with Crippen LogP contribution in [0, 0.1) is 5.92 Å². The van der Waals surface area contributed by atoms with Crippen LogP contribution in [0.1, 0.15) is 30.1 Å². The van der Waals surface area contributed by atoms with Crippen LogP contribution in [-0.4, -0.2) is 28.8 Å². The van der Waals surface area contributed by atoms with Gasteiger partial charge in [-0.15, -0.1) is 0 Å². The van der Waals surface area contributed by atoms with Crippen molar-refractivity contribution in [1.82, 2.24) is 9.78 Å². The van der Waals surface area contributed by atoms with Crippen molar-refractivity contribution in [3.05, 3.63) is 42.2 Å². The highest BCUT2D eigenvalue weighted by Gasteiger charge is 2.35. The molecular formula is C17H21N3O2. The molecule has 0 saturated heterocycles. The van der Waals surface area contributed by atoms with E-state index < -0.39 is 0 Å². The Hall–Kier alpha value is -2.30. The lowest BCUT2D eigenvalue weighted by Gasteiger charge is -2.29. The minimum Gasteiger partial charge on any atom is -0.497 e. The molecule has 1 saturated carbocycles. The monoisotopic (exact) mass is 299 g/mol. The number of methoxy groups -OCH3 is 1. The molecule has 0 aliphatic heterocycles. The van der Waals surface area contributed by atoms with Crippen molar-refractivity contribution in [2.75, 3.05) is 12.0 Å². The quantitative estimate of drug-likeness (QED) is 0.853. The van der Waals surface area contributed by atoms with Crippen LogP contribution in [0.5, 0.6) is 5.75 Å². The van der Waals surface area contributed by atoms with Crippen LogP contribution in [-0.2, 0) is 7.05 Å². The van der Waals surface area contributed by atoms with E-state index in [0.29, 0.717) is 11.5 Å². The van der Waals surface area contributed by atoms with Gasteiger partial charge in [-0.25, -0.2) is 0 Å². The predicted octanol–water partition coefficient (Wildman–Crippen LogP) is 2.87. The summed E-state index contributed by atoms with van der Waals surface area (Å²) in [5, 5.41) is 4.11. The first kappa shape index (κ1) is 14.6. The molecule has 5 heteroatoms. The number of carbonyl (C=O) groups excluding carboxylic acids is 1. The van der Waals surface area contributed by atoms with E-state index in [2.05, 4.69) is 12.0 Å². The zero-order chi connectivity index (χ0) is 15.7. The van der Waals surface area contributed by atoms with E-state index in [1.807, 2.05) is 36.2 Å². The Morgan fingerprint density at radius 1 is 1.36 bits per heavy atom. The molecule has 2 aromatic rings. The van der Waals surface area contributed by atoms with E-state index in [1.165, 1.54) is 12.8 Å². The minimum atomic E-state index is -0.00216. The summed E-state index contributed by atoms with van der Waals surface area (Å²) in [5.74, 6) is 1.37. The fourth-order valence-corrected chi connectivity index (χ4v) is 2.74. The topological polar surface area (TPSA) is 47.4 Å². The van der Waals surface area contributed by atoms with E-state index in [0.717, 1.165) is 11.4 Å². The average molecular weight is 299 g/mol. The third kappa shape index (κ3) is 2.84. The maximum Gasteiger partial charge on any atom is 0.261 e. The molecule has 1 aliphatic carbocycles. The Labute approximate surface area is 130 Å². The second kappa shape index (κ2) is 5.83. The van der Waals surface area contributed by atoms with Crippen LogP contribution in [0.2, 0.25) is 0 Å². The number of anilines is 1. The summed E-state index contributed by atoms with van der Waals surface area (Å²) in [6.07, 6.45) is 5.76. The SMILES string of the molecule is COc1ccc(N(C(=O)c2cnn(C)c2)C(C)C2CC2)cc1. The Kier molecular flexibility index (Phi) is 3.88. The summed E-state index contributed by atoms with van der Waals surface area (Å²) in [4.78, 5) is 14.8. The first-order valence-corrected chi connectivity index (χ1v) is 7.56. The van der Waals surface area contributed by atoms with Crippen molar-refractivity contribution in [3.63, 3.8) is 0 Å². The lowest BCUT2D eigenvalue weighted by atomic mass is 10.1. The van der Waals surface area contributed by atoms with Crippen LogP contribution in [0.25, 0.3) is 0 Å². The molecule has 1 atom stereocenters. The van der Waals surface area contributed by atoms with E-state index >= 15 is 0 Å². The number of rotatable bonds is 5. The highest BCUT2D eigenvalue weighted by atomic mass is 16.5. The van der Waals surface area contributed by atoms with Crippen LogP contribution in [0.3, 0.4) is 0 Å². The first-order valence-electron chi connectivity index (χ1n) is 7.56. The standard InChI is InChI=1S/C17H21N3O2/c1-12(13-4-5-13)20(15-6-8-16(22-3)9-7-15)17(21)14-10-18-19(2)11-14/h6-13H,4-5H2,1-3H3. The Balaban J connectivity index is 1.93. The molecule has 1 amide bonds. The maximum absolute atomic E-state index is 12.9. The number of ether oxygens (including phenoxy) is 1. The normalized spacial score (nSPS) is 15.4. The summed E-state index contributed by atoms with van der Waals surface area (Å²) in [7, 11) is 3.46. The van der Waals surface area contributed by atoms with Gasteiger partial charge in [-0.1, -0.05) is 0 Å². The molecule has 1 unspecified atom stereocenters. The van der Waals surface area contributed by atoms with Gasteiger partial charge in [-0.2, -0.15) is 5.10 Å². The number of hydrogen-bond acceptors (Lipinski definition) is 3. The predicted molar refractivity (Wildman–Crippen MR) is 85.2 cm³/mol. The van der Waals surface area contributed by atoms with Gasteiger partial charge < -0.3 is 9.64 Å². The van der Waals surface area contributed by atoms with Gasteiger partial charge in [-0.05, 0) is 49.9 Å². The number of aromatic nitrogens is 2. The number of carbonyl (C=O) groups is 1. The van der Waals surface area contributed by atoms with Crippen LogP contribution in [0.4, 0.5) is 5.69 Å². The maximum atomic E-state index is 12.9. The molecule has 1 fully saturated rings. The zero-order valence-corrected chi connectivity index (χ0v) is 13.2. The van der Waals surface area contributed by atoms with Crippen LogP contribution >= 0.6 is 0 Å². The van der Waals surface area contributed by atoms with Gasteiger partial charge in [0.25, 0.3) is 5.91 Å². The van der Waals surface area contributed by atoms with Gasteiger partial charge in [0.05, 0.1) is 18.9 Å². The number of hydrogen-bond donors (Lipinski definition) is 0. The number of nitrogens with zero attached hydrogens (tertiary/aromatic N) is 3. The van der Waals surface area contributed by atoms with Gasteiger partial charge in [0, 0.05) is 25.0 Å². The van der Waals surface area contributed by atoms with Crippen molar-refractivity contribution < 1.29 is 9.53 Å². The molecule has 5 nitrogen and oxygen atoms in total. The molecule has 1 aliphatic rings. The van der Waals surface area contributed by atoms with E-state index in [9.17, 15) is 4.79 Å². The molecule has 0 bridgehead atoms. The molecule has 1 heterocycles. The van der Waals surface area contributed by atoms with Gasteiger partial charge >= 0.3 is 0 Å². The number of amides is 1. The van der Waals surface area contributed by atoms with E-state index in [1.54, 1.807) is 24.2 Å². The Morgan fingerprint density at radius 2 is 2.05 bits per heavy atom. The second-order valence-electron chi connectivity index (χ2n) is 5.85. The molecule has 22 heavy (non-hydrogen) atoms. The third-order valence-electron chi connectivity index (χ3n) is 4.23. The van der Waals surface area contributed by atoms with Crippen molar-refractivity contribution in [3.8, 4) is 5.75 Å². The lowest BCUT2D eigenvalue weighted by Crippen LogP contribution is -2.40. The van der Waals surface area contributed by atoms with Crippen molar-refractivity contribution in [1.29, 1.82) is 0 Å². The molecular weight excluding hydrogens is 278 g/mol. The lowest BCUT2D eigenvalue weighted by molar-refractivity contribution is 0.0975. The Bertz CT molecular complexity index is 659. The molecule has 1 aromatic carbocycles. The Morgan fingerprint density at radius 3 is 2.55 bits per heavy atom. The summed E-state index contributed by atoms with van der Waals surface area (Å²) in [6, 6.07) is 7.83. The highest BCUT2D eigenvalue weighted by Crippen LogP contribution is 2.37. The van der Waals surface area contributed by atoms with Crippen LogP contribution in [0.15, 0.2) is 36.7 Å². The smallest absolute Gasteiger partial charge is 0.261 e. The fourth-order valence-electron chi connectivity index (χ4n) is 2.74. The highest BCUT2D eigenvalue weighted by molar-refractivity contribution is 6.06. The molecule has 116 valence electrons. The molecule has 0 radical (unpaired) electrons. The van der Waals surface area contributed by atoms with Crippen LogP contribution < -0.4 is 9.64 Å². The summed E-state index contributed by atoms with van der Waals surface area (Å²) in [5.41, 5.74) is 1.51. The summed E-state index contributed by atoms with van der Waals surface area (Å²) in [6.45, 7) is 2.12. The summed E-state index contributed by atoms with van der Waals surface area (Å²) < 4.78 is 6.85. The molecule has 0 N–H and O–H groups in total. The van der Waals surface area contributed by atoms with Crippen molar-refractivity contribution >= 4 is 11.6 Å². The fraction of sp³-hybridized carbons (Fsp3) is 0.412. The van der Waals surface area contributed by atoms with E-state index in [-0.39, 0.29) is 11.9 Å². The molecule has 3 rings (SSSR count). The third-order valence-corrected chi connectivity index (χ3v) is 4.23. The molecule has 1 aromatic heterocycles. The second-order valence-corrected chi connectivity index (χ2v) is 5.85. The van der Waals surface area contributed by atoms with Gasteiger partial charge in [0.1, 0.15) is 5.75 Å². The zero-order valence-electron chi connectivity index (χ0n) is 13.2. The first-order chi connectivity index (χ1) is 10.6. The van der Waals surface area contributed by atoms with Gasteiger partial charge in [-0.3, -0.25) is 9.48 Å². The van der Waals surface area contributed by atoms with Gasteiger partial charge in [0.2, 0.25) is 0 Å². The summed E-state index contributed by atoms with van der Waals surface area (Å²) >= 11 is 0. The number of benzene rings is 1. The van der Waals surface area contributed by atoms with Crippen molar-refractivity contribution in [2.24, 2.45) is 13.0 Å². The van der Waals surface area contributed by atoms with Gasteiger partial charge in [0.15, 0.2) is 0 Å². The largest absolute Gasteiger partial charge is 0.497 e.